The van der Waals surface area contributed by atoms with Crippen LogP contribution in [-0.2, 0) is 29.5 Å². The average Bonchev–Trinajstić information content (AvgIpc) is 3.17. The van der Waals surface area contributed by atoms with E-state index in [1.807, 2.05) is 30.5 Å². The second-order valence-electron chi connectivity index (χ2n) is 8.31. The minimum Gasteiger partial charge on any atom is -0.381 e. The standard InChI is InChI=1S/C23H31ClN4OS/c1-25-22(28(2)15-21-27-19-9-5-6-10-20(19)30-21)26-16-23(11-13-29-14-12-23)17-7-3-4-8-18(17)24/h3-4,7-8H,5-6,9-16H2,1-2H3,(H,25,26). The molecule has 0 atom stereocenters. The van der Waals surface area contributed by atoms with Crippen LogP contribution in [0.5, 0.6) is 0 Å². The molecule has 30 heavy (non-hydrogen) atoms. The Morgan fingerprint density at radius 2 is 2.03 bits per heavy atom. The summed E-state index contributed by atoms with van der Waals surface area (Å²) >= 11 is 8.47. The van der Waals surface area contributed by atoms with E-state index in [1.165, 1.54) is 40.4 Å². The Kier molecular flexibility index (Phi) is 6.96. The van der Waals surface area contributed by atoms with E-state index in [2.05, 4.69) is 34.4 Å². The molecule has 1 N–H and O–H groups in total. The van der Waals surface area contributed by atoms with E-state index in [0.717, 1.165) is 56.5 Å². The molecule has 2 aliphatic rings. The molecule has 4 rings (SSSR count). The van der Waals surface area contributed by atoms with Crippen molar-refractivity contribution in [1.82, 2.24) is 15.2 Å². The first kappa shape index (κ1) is 21.6. The number of aromatic nitrogens is 1. The number of aliphatic imine (C=N–C) groups is 1. The lowest BCUT2D eigenvalue weighted by molar-refractivity contribution is 0.0512. The van der Waals surface area contributed by atoms with Gasteiger partial charge in [0.25, 0.3) is 0 Å². The van der Waals surface area contributed by atoms with Crippen molar-refractivity contribution in [2.24, 2.45) is 4.99 Å². The molecule has 162 valence electrons. The summed E-state index contributed by atoms with van der Waals surface area (Å²) in [7, 11) is 3.93. The number of nitrogens with zero attached hydrogens (tertiary/aromatic N) is 3. The quantitative estimate of drug-likeness (QED) is 0.545. The van der Waals surface area contributed by atoms with Gasteiger partial charge in [0.2, 0.25) is 0 Å². The van der Waals surface area contributed by atoms with E-state index in [0.29, 0.717) is 0 Å². The van der Waals surface area contributed by atoms with Gasteiger partial charge < -0.3 is 15.0 Å². The SMILES string of the molecule is CN=C(NCC1(c2ccccc2Cl)CCOCC1)N(C)Cc1nc2c(s1)CCCC2. The number of rotatable bonds is 5. The van der Waals surface area contributed by atoms with Crippen molar-refractivity contribution in [3.8, 4) is 0 Å². The van der Waals surface area contributed by atoms with Gasteiger partial charge in [-0.3, -0.25) is 4.99 Å². The number of halogens is 1. The summed E-state index contributed by atoms with van der Waals surface area (Å²) in [5.41, 5.74) is 2.47. The Morgan fingerprint density at radius 1 is 1.27 bits per heavy atom. The lowest BCUT2D eigenvalue weighted by Gasteiger charge is -2.39. The maximum Gasteiger partial charge on any atom is 0.193 e. The third-order valence-corrected chi connectivity index (χ3v) is 7.79. The maximum atomic E-state index is 6.60. The molecular formula is C23H31ClN4OS. The van der Waals surface area contributed by atoms with Crippen LogP contribution in [0.3, 0.4) is 0 Å². The van der Waals surface area contributed by atoms with Gasteiger partial charge in [-0.1, -0.05) is 29.8 Å². The second-order valence-corrected chi connectivity index (χ2v) is 9.89. The summed E-state index contributed by atoms with van der Waals surface area (Å²) in [6, 6.07) is 8.21. The Labute approximate surface area is 188 Å². The van der Waals surface area contributed by atoms with Crippen LogP contribution in [0.15, 0.2) is 29.3 Å². The van der Waals surface area contributed by atoms with E-state index in [4.69, 9.17) is 21.3 Å². The van der Waals surface area contributed by atoms with Crippen LogP contribution in [-0.4, -0.2) is 49.7 Å². The fourth-order valence-corrected chi connectivity index (χ4v) is 6.13. The van der Waals surface area contributed by atoms with Gasteiger partial charge in [-0.15, -0.1) is 11.3 Å². The molecule has 1 aliphatic heterocycles. The minimum atomic E-state index is -0.0480. The highest BCUT2D eigenvalue weighted by Gasteiger charge is 2.36. The predicted molar refractivity (Wildman–Crippen MR) is 125 cm³/mol. The molecule has 0 amide bonds. The van der Waals surface area contributed by atoms with Crippen LogP contribution in [0.2, 0.25) is 5.02 Å². The fourth-order valence-electron chi connectivity index (χ4n) is 4.58. The Hall–Kier alpha value is -1.63. The van der Waals surface area contributed by atoms with Crippen LogP contribution in [0.1, 0.15) is 46.8 Å². The number of hydrogen-bond donors (Lipinski definition) is 1. The molecule has 1 aromatic carbocycles. The molecule has 2 aromatic rings. The number of benzene rings is 1. The number of fused-ring (bicyclic) bond motifs is 1. The number of nitrogens with one attached hydrogen (secondary N) is 1. The number of guanidine groups is 1. The third-order valence-electron chi connectivity index (χ3n) is 6.32. The van der Waals surface area contributed by atoms with E-state index < -0.39 is 0 Å². The molecular weight excluding hydrogens is 416 g/mol. The Morgan fingerprint density at radius 3 is 2.77 bits per heavy atom. The monoisotopic (exact) mass is 446 g/mol. The van der Waals surface area contributed by atoms with Gasteiger partial charge in [0.1, 0.15) is 5.01 Å². The normalized spacial score (nSPS) is 18.7. The predicted octanol–water partition coefficient (Wildman–Crippen LogP) is 4.43. The number of aryl methyl sites for hydroxylation is 2. The van der Waals surface area contributed by atoms with Crippen LogP contribution in [0.25, 0.3) is 0 Å². The Balaban J connectivity index is 1.45. The average molecular weight is 447 g/mol. The van der Waals surface area contributed by atoms with Crippen molar-refractivity contribution in [3.63, 3.8) is 0 Å². The van der Waals surface area contributed by atoms with Crippen molar-refractivity contribution in [2.45, 2.75) is 50.5 Å². The number of hydrogen-bond acceptors (Lipinski definition) is 4. The first-order valence-corrected chi connectivity index (χ1v) is 12.0. The molecule has 1 aromatic heterocycles. The lowest BCUT2D eigenvalue weighted by Crippen LogP contribution is -2.48. The third kappa shape index (κ3) is 4.66. The highest BCUT2D eigenvalue weighted by atomic mass is 35.5. The second kappa shape index (κ2) is 9.67. The van der Waals surface area contributed by atoms with Gasteiger partial charge in [0.05, 0.1) is 12.2 Å². The summed E-state index contributed by atoms with van der Waals surface area (Å²) in [6.07, 6.45) is 6.77. The van der Waals surface area contributed by atoms with Gasteiger partial charge in [-0.25, -0.2) is 4.98 Å². The van der Waals surface area contributed by atoms with Crippen molar-refractivity contribution in [1.29, 1.82) is 0 Å². The lowest BCUT2D eigenvalue weighted by atomic mass is 9.74. The van der Waals surface area contributed by atoms with E-state index >= 15 is 0 Å². The van der Waals surface area contributed by atoms with Crippen molar-refractivity contribution >= 4 is 28.9 Å². The molecule has 2 heterocycles. The maximum absolute atomic E-state index is 6.60. The van der Waals surface area contributed by atoms with E-state index in [9.17, 15) is 0 Å². The van der Waals surface area contributed by atoms with Crippen LogP contribution in [0, 0.1) is 0 Å². The molecule has 0 spiro atoms. The summed E-state index contributed by atoms with van der Waals surface area (Å²) < 4.78 is 5.67. The summed E-state index contributed by atoms with van der Waals surface area (Å²) in [5, 5.41) is 5.64. The molecule has 0 radical (unpaired) electrons. The van der Waals surface area contributed by atoms with Crippen LogP contribution >= 0.6 is 22.9 Å². The fraction of sp³-hybridized carbons (Fsp3) is 0.565. The molecule has 1 fully saturated rings. The van der Waals surface area contributed by atoms with Gasteiger partial charge in [0.15, 0.2) is 5.96 Å². The smallest absolute Gasteiger partial charge is 0.193 e. The highest BCUT2D eigenvalue weighted by molar-refractivity contribution is 7.11. The summed E-state index contributed by atoms with van der Waals surface area (Å²) in [6.45, 7) is 3.07. The van der Waals surface area contributed by atoms with Crippen molar-refractivity contribution in [3.05, 3.63) is 50.4 Å². The molecule has 0 saturated carbocycles. The van der Waals surface area contributed by atoms with E-state index in [-0.39, 0.29) is 5.41 Å². The van der Waals surface area contributed by atoms with Crippen molar-refractivity contribution < 1.29 is 4.74 Å². The molecule has 0 unspecified atom stereocenters. The largest absolute Gasteiger partial charge is 0.381 e. The highest BCUT2D eigenvalue weighted by Crippen LogP contribution is 2.38. The molecule has 1 aliphatic carbocycles. The molecule has 5 nitrogen and oxygen atoms in total. The Bertz CT molecular complexity index is 868. The van der Waals surface area contributed by atoms with E-state index in [1.54, 1.807) is 0 Å². The number of thiazole rings is 1. The first-order chi connectivity index (χ1) is 14.6. The molecule has 0 bridgehead atoms. The molecule has 1 saturated heterocycles. The summed E-state index contributed by atoms with van der Waals surface area (Å²) in [5.74, 6) is 0.890. The minimum absolute atomic E-state index is 0.0480. The zero-order valence-electron chi connectivity index (χ0n) is 17.9. The molecule has 7 heteroatoms. The zero-order valence-corrected chi connectivity index (χ0v) is 19.5. The van der Waals surface area contributed by atoms with Gasteiger partial charge in [0, 0.05) is 49.2 Å². The van der Waals surface area contributed by atoms with Crippen LogP contribution < -0.4 is 5.32 Å². The van der Waals surface area contributed by atoms with Gasteiger partial charge in [-0.05, 0) is 50.2 Å². The van der Waals surface area contributed by atoms with Gasteiger partial charge >= 0.3 is 0 Å². The zero-order chi connectivity index (χ0) is 21.0. The van der Waals surface area contributed by atoms with Crippen molar-refractivity contribution in [2.75, 3.05) is 33.9 Å². The summed E-state index contributed by atoms with van der Waals surface area (Å²) in [4.78, 5) is 13.1. The topological polar surface area (TPSA) is 49.8 Å². The number of ether oxygens (including phenoxy) is 1. The first-order valence-electron chi connectivity index (χ1n) is 10.8. The van der Waals surface area contributed by atoms with Gasteiger partial charge in [-0.2, -0.15) is 0 Å². The van der Waals surface area contributed by atoms with Crippen LogP contribution in [0.4, 0.5) is 0 Å².